The number of aliphatic carboxylic acids is 4. The fraction of sp³-hybridized carbons (Fsp3) is 0. The number of carbonyl (C=O) groups is 4. The largest absolute Gasteiger partial charge is 4.00 e. The first kappa shape index (κ1) is 31.2. The summed E-state index contributed by atoms with van der Waals surface area (Å²) in [4.78, 5) is 36.6. The quantitative estimate of drug-likeness (QED) is 0.334. The van der Waals surface area contributed by atoms with Crippen LogP contribution in [0.15, 0.2) is 50.6 Å². The van der Waals surface area contributed by atoms with E-state index < -0.39 is 23.9 Å². The molecule has 0 amide bonds. The van der Waals surface area contributed by atoms with Gasteiger partial charge in [-0.25, -0.2) is 0 Å². The zero-order valence-electron chi connectivity index (χ0n) is 10.9. The monoisotopic (exact) mass is 404 g/mol. The summed E-state index contributed by atoms with van der Waals surface area (Å²) < 4.78 is 0. The molecule has 0 bridgehead atoms. The van der Waals surface area contributed by atoms with E-state index in [4.69, 9.17) is 39.6 Å². The minimum absolute atomic E-state index is 0. The summed E-state index contributed by atoms with van der Waals surface area (Å²) in [7, 11) is 0. The molecule has 9 heteroatoms. The third-order valence-corrected chi connectivity index (χ3v) is 0.667. The van der Waals surface area contributed by atoms with Crippen molar-refractivity contribution in [1.29, 1.82) is 0 Å². The van der Waals surface area contributed by atoms with Gasteiger partial charge in [-0.1, -0.05) is 26.3 Å². The molecule has 0 unspecified atom stereocenters. The SMILES string of the molecule is C=CC(=O)[O-].C=CC(=O)[O-].C=CC(=O)[O-].C=CC(=O)[O-].[Sn+4]. The Bertz CT molecular complexity index is 301. The van der Waals surface area contributed by atoms with Gasteiger partial charge in [0.05, 0.1) is 23.9 Å². The molecule has 8 nitrogen and oxygen atoms in total. The molecule has 0 heterocycles. The number of carboxylic acids is 4. The molecule has 0 fully saturated rings. The summed E-state index contributed by atoms with van der Waals surface area (Å²) in [5.74, 6) is -4.93. The Morgan fingerprint density at radius 3 is 0.571 bits per heavy atom. The van der Waals surface area contributed by atoms with E-state index in [-0.39, 0.29) is 23.9 Å². The maximum atomic E-state index is 9.14. The number of carbonyl (C=O) groups excluding carboxylic acids is 4. The molecule has 0 spiro atoms. The molecular formula is C12H12O8Sn. The van der Waals surface area contributed by atoms with Crippen LogP contribution in [0.4, 0.5) is 0 Å². The maximum Gasteiger partial charge on any atom is 4.00 e. The topological polar surface area (TPSA) is 161 Å². The third-order valence-electron chi connectivity index (χ3n) is 0.667. The van der Waals surface area contributed by atoms with Crippen LogP contribution in [-0.2, 0) is 19.2 Å². The Morgan fingerprint density at radius 1 is 0.524 bits per heavy atom. The van der Waals surface area contributed by atoms with Gasteiger partial charge in [0.25, 0.3) is 0 Å². The molecule has 0 radical (unpaired) electrons. The first-order chi connectivity index (χ1) is 9.08. The van der Waals surface area contributed by atoms with Crippen molar-refractivity contribution in [2.75, 3.05) is 0 Å². The summed E-state index contributed by atoms with van der Waals surface area (Å²) in [6.45, 7) is 11.6. The van der Waals surface area contributed by atoms with E-state index in [0.29, 0.717) is 0 Å². The van der Waals surface area contributed by atoms with E-state index in [1.54, 1.807) is 0 Å². The number of hydrogen-bond donors (Lipinski definition) is 0. The first-order valence-corrected chi connectivity index (χ1v) is 4.42. The number of rotatable bonds is 4. The molecule has 0 aliphatic carbocycles. The Balaban J connectivity index is -0.0000000533. The maximum absolute atomic E-state index is 9.14. The summed E-state index contributed by atoms with van der Waals surface area (Å²) in [5, 5.41) is 36.6. The molecule has 0 saturated heterocycles. The summed E-state index contributed by atoms with van der Waals surface area (Å²) >= 11 is 0. The van der Waals surface area contributed by atoms with Crippen LogP contribution in [-0.4, -0.2) is 47.8 Å². The van der Waals surface area contributed by atoms with Crippen molar-refractivity contribution in [1.82, 2.24) is 0 Å². The van der Waals surface area contributed by atoms with Crippen LogP contribution >= 0.6 is 0 Å². The van der Waals surface area contributed by atoms with Gasteiger partial charge < -0.3 is 39.6 Å². The molecule has 0 rings (SSSR count). The van der Waals surface area contributed by atoms with Crippen molar-refractivity contribution < 1.29 is 39.6 Å². The summed E-state index contributed by atoms with van der Waals surface area (Å²) in [6, 6.07) is 0. The van der Waals surface area contributed by atoms with Gasteiger partial charge in [0.15, 0.2) is 0 Å². The Kier molecular flexibility index (Phi) is 39.0. The standard InChI is InChI=1S/4C3H4O2.Sn/c4*1-2-3(4)5;/h4*2H,1H2,(H,4,5);/q;;;;+4/p-4. The Morgan fingerprint density at radius 2 is 0.571 bits per heavy atom. The van der Waals surface area contributed by atoms with E-state index >= 15 is 0 Å². The Hall–Kier alpha value is -2.36. The fourth-order valence-corrected chi connectivity index (χ4v) is 0. The molecule has 21 heavy (non-hydrogen) atoms. The zero-order chi connectivity index (χ0) is 17.1. The van der Waals surface area contributed by atoms with E-state index in [9.17, 15) is 0 Å². The average molecular weight is 403 g/mol. The van der Waals surface area contributed by atoms with Crippen molar-refractivity contribution in [3.63, 3.8) is 0 Å². The van der Waals surface area contributed by atoms with Gasteiger partial charge in [-0.05, 0) is 24.3 Å². The Labute approximate surface area is 138 Å². The molecule has 0 saturated carbocycles. The second kappa shape index (κ2) is 26.3. The minimum atomic E-state index is -1.23. The van der Waals surface area contributed by atoms with Gasteiger partial charge in [0.2, 0.25) is 0 Å². The number of hydrogen-bond acceptors (Lipinski definition) is 8. The van der Waals surface area contributed by atoms with Crippen LogP contribution in [0.25, 0.3) is 0 Å². The second-order valence-electron chi connectivity index (χ2n) is 2.09. The first-order valence-electron chi connectivity index (χ1n) is 4.42. The van der Waals surface area contributed by atoms with Gasteiger partial charge in [-0.15, -0.1) is 0 Å². The number of carboxylic acid groups (broad SMARTS) is 4. The average Bonchev–Trinajstić information content (AvgIpc) is 2.40. The molecule has 0 aromatic rings. The molecule has 0 atom stereocenters. The second-order valence-corrected chi connectivity index (χ2v) is 2.09. The van der Waals surface area contributed by atoms with Crippen LogP contribution in [0, 0.1) is 0 Å². The normalized spacial score (nSPS) is 6.10. The van der Waals surface area contributed by atoms with E-state index in [1.807, 2.05) is 0 Å². The molecular weight excluding hydrogens is 391 g/mol. The van der Waals surface area contributed by atoms with Crippen LogP contribution < -0.4 is 20.4 Å². The van der Waals surface area contributed by atoms with Crippen LogP contribution in [0.3, 0.4) is 0 Å². The van der Waals surface area contributed by atoms with Crippen molar-refractivity contribution in [3.8, 4) is 0 Å². The van der Waals surface area contributed by atoms with Crippen molar-refractivity contribution in [2.45, 2.75) is 0 Å². The minimum Gasteiger partial charge on any atom is -0.545 e. The van der Waals surface area contributed by atoms with E-state index in [1.165, 1.54) is 0 Å². The van der Waals surface area contributed by atoms with Crippen molar-refractivity contribution in [2.24, 2.45) is 0 Å². The van der Waals surface area contributed by atoms with Crippen LogP contribution in [0.5, 0.6) is 0 Å². The van der Waals surface area contributed by atoms with Gasteiger partial charge in [0.1, 0.15) is 0 Å². The zero-order valence-corrected chi connectivity index (χ0v) is 13.8. The predicted molar refractivity (Wildman–Crippen MR) is 66.6 cm³/mol. The van der Waals surface area contributed by atoms with Crippen LogP contribution in [0.2, 0.25) is 0 Å². The molecule has 0 aliphatic heterocycles. The predicted octanol–water partition coefficient (Wildman–Crippen LogP) is -4.69. The van der Waals surface area contributed by atoms with Crippen molar-refractivity contribution >= 4 is 47.8 Å². The molecule has 112 valence electrons. The van der Waals surface area contributed by atoms with Gasteiger partial charge in [-0.3, -0.25) is 0 Å². The fourth-order valence-electron chi connectivity index (χ4n) is 0. The smallest absolute Gasteiger partial charge is 0.545 e. The van der Waals surface area contributed by atoms with Gasteiger partial charge in [-0.2, -0.15) is 0 Å². The van der Waals surface area contributed by atoms with Gasteiger partial charge >= 0.3 is 23.9 Å². The molecule has 0 aliphatic rings. The van der Waals surface area contributed by atoms with Gasteiger partial charge in [0, 0.05) is 0 Å². The molecule has 0 aromatic carbocycles. The molecule has 0 aromatic heterocycles. The summed E-state index contributed by atoms with van der Waals surface area (Å²) in [6.07, 6.45) is 2.89. The van der Waals surface area contributed by atoms with Crippen LogP contribution in [0.1, 0.15) is 0 Å². The van der Waals surface area contributed by atoms with E-state index in [2.05, 4.69) is 26.3 Å². The van der Waals surface area contributed by atoms with E-state index in [0.717, 1.165) is 24.3 Å². The summed E-state index contributed by atoms with van der Waals surface area (Å²) in [5.41, 5.74) is 0. The van der Waals surface area contributed by atoms with Crippen molar-refractivity contribution in [3.05, 3.63) is 50.6 Å². The molecule has 0 N–H and O–H groups in total. The third kappa shape index (κ3) is 136.